The lowest BCUT2D eigenvalue weighted by molar-refractivity contribution is -0.138. The molecule has 1 aliphatic rings. The number of halogens is 1. The van der Waals surface area contributed by atoms with Gasteiger partial charge in [0, 0.05) is 11.4 Å². The second-order valence-electron chi connectivity index (χ2n) is 5.88. The van der Waals surface area contributed by atoms with Crippen LogP contribution in [-0.4, -0.2) is 31.2 Å². The minimum absolute atomic E-state index is 0.167. The molecule has 1 aliphatic carbocycles. The van der Waals surface area contributed by atoms with E-state index in [2.05, 4.69) is 10.6 Å². The number of nitrogens with one attached hydrogen (secondary N) is 2. The average molecular weight is 395 g/mol. The molecular formula is C19H23ClN2O5. The highest BCUT2D eigenvalue weighted by Crippen LogP contribution is 2.25. The molecule has 8 heteroatoms. The van der Waals surface area contributed by atoms with Gasteiger partial charge in [0.15, 0.2) is 0 Å². The van der Waals surface area contributed by atoms with Crippen LogP contribution in [0, 0.1) is 0 Å². The zero-order valence-corrected chi connectivity index (χ0v) is 16.1. The van der Waals surface area contributed by atoms with Gasteiger partial charge in [0.25, 0.3) is 0 Å². The summed E-state index contributed by atoms with van der Waals surface area (Å²) in [5.41, 5.74) is 1.62. The highest BCUT2D eigenvalue weighted by molar-refractivity contribution is 6.33. The van der Waals surface area contributed by atoms with Crippen LogP contribution >= 0.6 is 11.6 Å². The zero-order valence-electron chi connectivity index (χ0n) is 15.4. The maximum atomic E-state index is 12.3. The molecule has 0 unspecified atom stereocenters. The van der Waals surface area contributed by atoms with Gasteiger partial charge in [-0.05, 0) is 57.7 Å². The molecule has 2 rings (SSSR count). The Morgan fingerprint density at radius 2 is 1.67 bits per heavy atom. The van der Waals surface area contributed by atoms with Crippen molar-refractivity contribution in [2.45, 2.75) is 39.5 Å². The fourth-order valence-electron chi connectivity index (χ4n) is 2.75. The second-order valence-corrected chi connectivity index (χ2v) is 6.29. The molecule has 0 fully saturated rings. The van der Waals surface area contributed by atoms with E-state index in [0.29, 0.717) is 29.8 Å². The van der Waals surface area contributed by atoms with E-state index in [4.69, 9.17) is 21.1 Å². The Kier molecular flexibility index (Phi) is 7.67. The van der Waals surface area contributed by atoms with Gasteiger partial charge in [-0.2, -0.15) is 0 Å². The van der Waals surface area contributed by atoms with Crippen LogP contribution in [0.1, 0.15) is 49.9 Å². The molecule has 2 N–H and O–H groups in total. The number of anilines is 1. The van der Waals surface area contributed by atoms with Gasteiger partial charge in [-0.25, -0.2) is 14.4 Å². The minimum atomic E-state index is -0.564. The normalized spacial score (nSPS) is 13.7. The molecule has 1 aromatic carbocycles. The Labute approximate surface area is 163 Å². The molecule has 0 radical (unpaired) electrons. The largest absolute Gasteiger partial charge is 0.463 e. The van der Waals surface area contributed by atoms with Crippen LogP contribution in [0.3, 0.4) is 0 Å². The third-order valence-electron chi connectivity index (χ3n) is 3.97. The van der Waals surface area contributed by atoms with Gasteiger partial charge >= 0.3 is 18.0 Å². The number of hydrogen-bond acceptors (Lipinski definition) is 5. The van der Waals surface area contributed by atoms with Crippen LogP contribution in [0.15, 0.2) is 29.5 Å². The lowest BCUT2D eigenvalue weighted by Gasteiger charge is -2.20. The maximum Gasteiger partial charge on any atom is 0.339 e. The number of carbonyl (C=O) groups excluding carboxylic acids is 3. The van der Waals surface area contributed by atoms with Crippen molar-refractivity contribution in [1.82, 2.24) is 5.32 Å². The molecule has 2 amide bonds. The summed E-state index contributed by atoms with van der Waals surface area (Å²) in [4.78, 5) is 36.3. The van der Waals surface area contributed by atoms with E-state index in [-0.39, 0.29) is 23.8 Å². The molecule has 0 atom stereocenters. The fraction of sp³-hybridized carbons (Fsp3) is 0.421. The minimum Gasteiger partial charge on any atom is -0.463 e. The van der Waals surface area contributed by atoms with Crippen molar-refractivity contribution >= 4 is 35.3 Å². The van der Waals surface area contributed by atoms with Crippen molar-refractivity contribution in [3.8, 4) is 0 Å². The topological polar surface area (TPSA) is 93.7 Å². The highest BCUT2D eigenvalue weighted by Gasteiger charge is 2.22. The van der Waals surface area contributed by atoms with Crippen molar-refractivity contribution in [3.63, 3.8) is 0 Å². The van der Waals surface area contributed by atoms with E-state index >= 15 is 0 Å². The lowest BCUT2D eigenvalue weighted by Crippen LogP contribution is -2.31. The predicted octanol–water partition coefficient (Wildman–Crippen LogP) is 4.03. The fourth-order valence-corrected chi connectivity index (χ4v) is 2.95. The molecule has 27 heavy (non-hydrogen) atoms. The van der Waals surface area contributed by atoms with Gasteiger partial charge in [0.2, 0.25) is 0 Å². The van der Waals surface area contributed by atoms with Crippen molar-refractivity contribution in [2.24, 2.45) is 0 Å². The summed E-state index contributed by atoms with van der Waals surface area (Å²) < 4.78 is 10.00. The number of benzene rings is 1. The zero-order chi connectivity index (χ0) is 19.8. The van der Waals surface area contributed by atoms with Gasteiger partial charge in [0.05, 0.1) is 29.4 Å². The predicted molar refractivity (Wildman–Crippen MR) is 102 cm³/mol. The van der Waals surface area contributed by atoms with Crippen LogP contribution in [-0.2, 0) is 14.3 Å². The number of hydrogen-bond donors (Lipinski definition) is 2. The summed E-state index contributed by atoms with van der Waals surface area (Å²) in [6.45, 7) is 3.93. The first-order chi connectivity index (χ1) is 13.0. The van der Waals surface area contributed by atoms with Crippen LogP contribution in [0.5, 0.6) is 0 Å². The highest BCUT2D eigenvalue weighted by atomic mass is 35.5. The van der Waals surface area contributed by atoms with Gasteiger partial charge < -0.3 is 20.1 Å². The van der Waals surface area contributed by atoms with Crippen molar-refractivity contribution in [1.29, 1.82) is 0 Å². The quantitative estimate of drug-likeness (QED) is 0.710. The first-order valence-electron chi connectivity index (χ1n) is 8.90. The van der Waals surface area contributed by atoms with E-state index in [9.17, 15) is 14.4 Å². The van der Waals surface area contributed by atoms with Gasteiger partial charge in [-0.3, -0.25) is 0 Å². The summed E-state index contributed by atoms with van der Waals surface area (Å²) in [7, 11) is 0. The molecule has 7 nitrogen and oxygen atoms in total. The molecule has 0 aliphatic heterocycles. The molecule has 0 saturated carbocycles. The van der Waals surface area contributed by atoms with Crippen LogP contribution in [0.25, 0.3) is 0 Å². The summed E-state index contributed by atoms with van der Waals surface area (Å²) in [5.74, 6) is -0.963. The van der Waals surface area contributed by atoms with E-state index in [0.717, 1.165) is 12.8 Å². The van der Waals surface area contributed by atoms with Crippen LogP contribution < -0.4 is 10.6 Å². The van der Waals surface area contributed by atoms with Crippen LogP contribution in [0.2, 0.25) is 5.02 Å². The number of carbonyl (C=O) groups is 3. The first-order valence-corrected chi connectivity index (χ1v) is 9.27. The number of rotatable bonds is 6. The number of ether oxygens (including phenoxy) is 2. The molecule has 0 heterocycles. The van der Waals surface area contributed by atoms with E-state index < -0.39 is 18.0 Å². The first kappa shape index (κ1) is 20.8. The molecule has 0 spiro atoms. The molecule has 1 aromatic rings. The Morgan fingerprint density at radius 3 is 2.37 bits per heavy atom. The molecular weight excluding hydrogens is 372 g/mol. The van der Waals surface area contributed by atoms with Crippen molar-refractivity contribution < 1.29 is 23.9 Å². The summed E-state index contributed by atoms with van der Waals surface area (Å²) in [6, 6.07) is 4.02. The smallest absolute Gasteiger partial charge is 0.339 e. The monoisotopic (exact) mass is 394 g/mol. The number of allylic oxidation sites excluding steroid dienone is 1. The van der Waals surface area contributed by atoms with Crippen molar-refractivity contribution in [3.05, 3.63) is 40.1 Å². The maximum absolute atomic E-state index is 12.3. The van der Waals surface area contributed by atoms with E-state index in [1.807, 2.05) is 0 Å². The van der Waals surface area contributed by atoms with Crippen LogP contribution in [0.4, 0.5) is 10.5 Å². The summed E-state index contributed by atoms with van der Waals surface area (Å²) >= 11 is 6.01. The van der Waals surface area contributed by atoms with E-state index in [1.165, 1.54) is 12.1 Å². The number of urea groups is 1. The van der Waals surface area contributed by atoms with Gasteiger partial charge in [-0.1, -0.05) is 11.6 Å². The SMILES string of the molecule is CCOC(=O)C1=C(NC(=O)Nc2ccc(Cl)c(C(=O)OCC)c2)CCCC1. The summed E-state index contributed by atoms with van der Waals surface area (Å²) in [5, 5.41) is 5.60. The molecule has 0 saturated heterocycles. The van der Waals surface area contributed by atoms with E-state index in [1.54, 1.807) is 19.9 Å². The summed E-state index contributed by atoms with van der Waals surface area (Å²) in [6.07, 6.45) is 2.92. The number of esters is 2. The molecule has 0 bridgehead atoms. The van der Waals surface area contributed by atoms with Gasteiger partial charge in [-0.15, -0.1) is 0 Å². The lowest BCUT2D eigenvalue weighted by atomic mass is 9.96. The Hall–Kier alpha value is -2.54. The standard InChI is InChI=1S/C19H23ClN2O5/c1-3-26-17(23)13-7-5-6-8-16(13)22-19(25)21-12-9-10-15(20)14(11-12)18(24)27-4-2/h9-11H,3-8H2,1-2H3,(H2,21,22,25). The second kappa shape index (κ2) is 9.97. The Balaban J connectivity index is 2.11. The Bertz CT molecular complexity index is 760. The molecule has 0 aromatic heterocycles. The number of amides is 2. The van der Waals surface area contributed by atoms with Gasteiger partial charge in [0.1, 0.15) is 0 Å². The average Bonchev–Trinajstić information content (AvgIpc) is 2.64. The molecule has 146 valence electrons. The third kappa shape index (κ3) is 5.72. The third-order valence-corrected chi connectivity index (χ3v) is 4.30. The van der Waals surface area contributed by atoms with Crippen molar-refractivity contribution in [2.75, 3.05) is 18.5 Å². The Morgan fingerprint density at radius 1 is 1.00 bits per heavy atom.